The number of nitrogens with one attached hydrogen (secondary N) is 1. The smallest absolute Gasteiger partial charge is 0.270 e. The van der Waals surface area contributed by atoms with Crippen molar-refractivity contribution in [2.75, 3.05) is 18.5 Å². The van der Waals surface area contributed by atoms with Gasteiger partial charge in [-0.1, -0.05) is 37.7 Å². The summed E-state index contributed by atoms with van der Waals surface area (Å²) in [4.78, 5) is 37.0. The average molecular weight is 479 g/mol. The van der Waals surface area contributed by atoms with Crippen LogP contribution in [0.4, 0.5) is 11.4 Å². The summed E-state index contributed by atoms with van der Waals surface area (Å²) in [7, 11) is 0. The molecule has 1 N–H and O–H groups in total. The van der Waals surface area contributed by atoms with Crippen molar-refractivity contribution in [2.45, 2.75) is 38.5 Å². The number of anilines is 1. The van der Waals surface area contributed by atoms with Crippen LogP contribution in [-0.2, 0) is 9.59 Å². The molecule has 34 heavy (non-hydrogen) atoms. The van der Waals surface area contributed by atoms with Crippen molar-refractivity contribution in [3.8, 4) is 11.5 Å². The van der Waals surface area contributed by atoms with E-state index in [4.69, 9.17) is 14.5 Å². The fourth-order valence-electron chi connectivity index (χ4n) is 4.13. The van der Waals surface area contributed by atoms with E-state index in [1.807, 2.05) is 36.1 Å². The molecule has 0 radical (unpaired) electrons. The first-order valence-corrected chi connectivity index (χ1v) is 12.3. The van der Waals surface area contributed by atoms with E-state index < -0.39 is 11.3 Å². The lowest BCUT2D eigenvalue weighted by molar-refractivity contribution is -0.120. The minimum atomic E-state index is -0.464. The van der Waals surface area contributed by atoms with E-state index in [2.05, 4.69) is 24.2 Å². The Hall–Kier alpha value is -3.33. The van der Waals surface area contributed by atoms with Crippen LogP contribution >= 0.6 is 11.8 Å². The number of fused-ring (bicyclic) bond motifs is 4. The second-order valence-corrected chi connectivity index (χ2v) is 10.1. The number of hydrogen-bond acceptors (Lipinski definition) is 7. The van der Waals surface area contributed by atoms with Crippen molar-refractivity contribution < 1.29 is 19.1 Å². The summed E-state index contributed by atoms with van der Waals surface area (Å²) >= 11 is 1.32. The fraction of sp³-hybridized carbons (Fsp3) is 0.360. The molecule has 2 unspecified atom stereocenters. The maximum atomic E-state index is 13.0. The molecule has 0 saturated carbocycles. The van der Waals surface area contributed by atoms with Crippen LogP contribution in [0.2, 0.25) is 0 Å². The largest absolute Gasteiger partial charge is 0.486 e. The summed E-state index contributed by atoms with van der Waals surface area (Å²) in [5.74, 6) is 1.87. The Kier molecular flexibility index (Phi) is 6.03. The van der Waals surface area contributed by atoms with Gasteiger partial charge in [0, 0.05) is 17.3 Å². The molecule has 2 atom stereocenters. The molecule has 2 aromatic carbocycles. The van der Waals surface area contributed by atoms with E-state index in [1.54, 1.807) is 18.2 Å². The number of nitrogens with zero attached hydrogens (tertiary/aromatic N) is 3. The third-order valence-corrected chi connectivity index (χ3v) is 6.83. The molecular weight excluding hydrogens is 452 g/mol. The predicted octanol–water partition coefficient (Wildman–Crippen LogP) is 4.22. The first-order chi connectivity index (χ1) is 16.4. The van der Waals surface area contributed by atoms with E-state index in [-0.39, 0.29) is 11.8 Å². The zero-order valence-electron chi connectivity index (χ0n) is 19.3. The monoisotopic (exact) mass is 478 g/mol. The number of benzene rings is 2. The Morgan fingerprint density at radius 3 is 2.68 bits per heavy atom. The molecule has 0 bridgehead atoms. The highest BCUT2D eigenvalue weighted by atomic mass is 32.2. The number of carbonyl (C=O) groups is 2. The molecule has 9 heteroatoms. The van der Waals surface area contributed by atoms with E-state index in [0.29, 0.717) is 53.7 Å². The van der Waals surface area contributed by atoms with Crippen molar-refractivity contribution in [3.05, 3.63) is 48.0 Å². The number of ether oxygens (including phenoxy) is 2. The van der Waals surface area contributed by atoms with Crippen LogP contribution in [-0.4, -0.2) is 52.2 Å². The normalized spacial score (nSPS) is 19.2. The van der Waals surface area contributed by atoms with Gasteiger partial charge in [-0.05, 0) is 43.5 Å². The standard InChI is InChI=1S/C25H26N4O4S/c1-14(2)12-19-24(31)28-22-17-6-4-5-7-18(17)27-25(29(19)22)34-15(3)23(30)26-16-8-9-20-21(13-16)33-11-10-32-20/h4-9,13-15,19H,10-12H2,1-3H3,(H,26,30). The summed E-state index contributed by atoms with van der Waals surface area (Å²) < 4.78 is 11.2. The predicted molar refractivity (Wildman–Crippen MR) is 133 cm³/mol. The third-order valence-electron chi connectivity index (χ3n) is 5.76. The van der Waals surface area contributed by atoms with Gasteiger partial charge in [-0.2, -0.15) is 4.99 Å². The van der Waals surface area contributed by atoms with Gasteiger partial charge in [-0.25, -0.2) is 4.99 Å². The first-order valence-electron chi connectivity index (χ1n) is 11.4. The highest BCUT2D eigenvalue weighted by Gasteiger charge is 2.42. The van der Waals surface area contributed by atoms with Gasteiger partial charge in [-0.15, -0.1) is 0 Å². The average Bonchev–Trinajstić information content (AvgIpc) is 3.14. The van der Waals surface area contributed by atoms with Gasteiger partial charge in [0.1, 0.15) is 25.1 Å². The molecule has 0 fully saturated rings. The Morgan fingerprint density at radius 1 is 1.12 bits per heavy atom. The number of para-hydroxylation sites is 1. The van der Waals surface area contributed by atoms with Crippen LogP contribution in [0, 0.1) is 5.92 Å². The topological polar surface area (TPSA) is 92.6 Å². The Bertz CT molecular complexity index is 1210. The quantitative estimate of drug-likeness (QED) is 0.692. The van der Waals surface area contributed by atoms with Crippen LogP contribution in [0.15, 0.2) is 52.4 Å². The zero-order chi connectivity index (χ0) is 23.8. The first kappa shape index (κ1) is 22.5. The molecule has 2 amide bonds. The van der Waals surface area contributed by atoms with Crippen LogP contribution in [0.3, 0.4) is 0 Å². The lowest BCUT2D eigenvalue weighted by Crippen LogP contribution is -2.45. The summed E-state index contributed by atoms with van der Waals surface area (Å²) in [5, 5.41) is 3.09. The van der Waals surface area contributed by atoms with Crippen molar-refractivity contribution in [3.63, 3.8) is 0 Å². The summed E-state index contributed by atoms with van der Waals surface area (Å²) in [6.07, 6.45) is 0.658. The molecule has 3 heterocycles. The number of amides is 2. The van der Waals surface area contributed by atoms with Gasteiger partial charge >= 0.3 is 0 Å². The summed E-state index contributed by atoms with van der Waals surface area (Å²) in [6.45, 7) is 6.98. The van der Waals surface area contributed by atoms with E-state index in [0.717, 1.165) is 11.3 Å². The molecule has 0 saturated heterocycles. The number of hydrogen-bond donors (Lipinski definition) is 1. The fourth-order valence-corrected chi connectivity index (χ4v) is 5.09. The highest BCUT2D eigenvalue weighted by Crippen LogP contribution is 2.37. The summed E-state index contributed by atoms with van der Waals surface area (Å²) in [6, 6.07) is 12.6. The summed E-state index contributed by atoms with van der Waals surface area (Å²) in [5.41, 5.74) is 2.21. The number of amidine groups is 2. The number of rotatable bonds is 5. The number of aliphatic imine (C=N–C) groups is 2. The van der Waals surface area contributed by atoms with Gasteiger partial charge in [0.2, 0.25) is 5.91 Å². The zero-order valence-corrected chi connectivity index (χ0v) is 20.1. The maximum absolute atomic E-state index is 13.0. The van der Waals surface area contributed by atoms with Gasteiger partial charge in [0.05, 0.1) is 10.9 Å². The second kappa shape index (κ2) is 9.13. The van der Waals surface area contributed by atoms with Crippen molar-refractivity contribution in [1.82, 2.24) is 4.90 Å². The lowest BCUT2D eigenvalue weighted by atomic mass is 10.0. The van der Waals surface area contributed by atoms with Crippen molar-refractivity contribution in [1.29, 1.82) is 0 Å². The van der Waals surface area contributed by atoms with Crippen LogP contribution in [0.1, 0.15) is 32.8 Å². The molecule has 2 aromatic rings. The van der Waals surface area contributed by atoms with E-state index >= 15 is 0 Å². The van der Waals surface area contributed by atoms with Gasteiger partial charge in [0.15, 0.2) is 16.7 Å². The highest BCUT2D eigenvalue weighted by molar-refractivity contribution is 8.14. The van der Waals surface area contributed by atoms with Crippen LogP contribution in [0.5, 0.6) is 11.5 Å². The van der Waals surface area contributed by atoms with Gasteiger partial charge in [0.25, 0.3) is 5.91 Å². The Balaban J connectivity index is 1.37. The maximum Gasteiger partial charge on any atom is 0.270 e. The minimum Gasteiger partial charge on any atom is -0.486 e. The van der Waals surface area contributed by atoms with Gasteiger partial charge < -0.3 is 14.8 Å². The molecule has 0 aliphatic carbocycles. The Morgan fingerprint density at radius 2 is 1.88 bits per heavy atom. The van der Waals surface area contributed by atoms with Crippen LogP contribution in [0.25, 0.3) is 0 Å². The molecule has 5 rings (SSSR count). The molecule has 176 valence electrons. The third kappa shape index (κ3) is 4.27. The number of thioether (sulfide) groups is 1. The molecule has 8 nitrogen and oxygen atoms in total. The molecule has 3 aliphatic rings. The number of carbonyl (C=O) groups excluding carboxylic acids is 2. The van der Waals surface area contributed by atoms with Crippen molar-refractivity contribution in [2.24, 2.45) is 15.9 Å². The SMILES string of the molecule is CC(C)CC1C(=O)N=C2c3ccccc3N=C(SC(C)C(=O)Nc3ccc4c(c3)OCCO4)N21. The lowest BCUT2D eigenvalue weighted by Gasteiger charge is -2.32. The van der Waals surface area contributed by atoms with Crippen LogP contribution < -0.4 is 14.8 Å². The van der Waals surface area contributed by atoms with Gasteiger partial charge in [-0.3, -0.25) is 14.5 Å². The van der Waals surface area contributed by atoms with Crippen molar-refractivity contribution >= 4 is 46.0 Å². The molecule has 0 aromatic heterocycles. The molecule has 0 spiro atoms. The Labute approximate surface area is 202 Å². The van der Waals surface area contributed by atoms with E-state index in [1.165, 1.54) is 11.8 Å². The molecule has 3 aliphatic heterocycles. The molecular formula is C25H26N4O4S. The van der Waals surface area contributed by atoms with E-state index in [9.17, 15) is 9.59 Å². The second-order valence-electron chi connectivity index (χ2n) is 8.81. The minimum absolute atomic E-state index is 0.165.